The summed E-state index contributed by atoms with van der Waals surface area (Å²) >= 11 is 0. The lowest BCUT2D eigenvalue weighted by Crippen LogP contribution is -2.38. The van der Waals surface area contributed by atoms with Crippen LogP contribution in [0.2, 0.25) is 0 Å². The van der Waals surface area contributed by atoms with Crippen molar-refractivity contribution in [1.82, 2.24) is 0 Å². The molecule has 0 heterocycles. The summed E-state index contributed by atoms with van der Waals surface area (Å²) < 4.78 is 31.0. The first kappa shape index (κ1) is 15.6. The van der Waals surface area contributed by atoms with Crippen molar-refractivity contribution in [2.24, 2.45) is 5.92 Å². The Labute approximate surface area is 111 Å². The van der Waals surface area contributed by atoms with Crippen LogP contribution in [-0.2, 0) is 15.1 Å². The van der Waals surface area contributed by atoms with Crippen molar-refractivity contribution < 1.29 is 23.4 Å². The minimum Gasteiger partial charge on any atom is -0.466 e. The van der Waals surface area contributed by atoms with Gasteiger partial charge in [0.2, 0.25) is 0 Å². The molecule has 0 aromatic heterocycles. The number of hydrogen-bond donors (Lipinski definition) is 1. The predicted molar refractivity (Wildman–Crippen MR) is 66.3 cm³/mol. The maximum atomic E-state index is 13.2. The normalized spacial score (nSPS) is 15.7. The van der Waals surface area contributed by atoms with Crippen LogP contribution in [0.4, 0.5) is 8.78 Å². The fourth-order valence-electron chi connectivity index (χ4n) is 2.05. The van der Waals surface area contributed by atoms with E-state index in [0.717, 1.165) is 12.1 Å². The molecular weight excluding hydrogens is 254 g/mol. The lowest BCUT2D eigenvalue weighted by molar-refractivity contribution is -0.158. The summed E-state index contributed by atoms with van der Waals surface area (Å²) in [5.41, 5.74) is -1.47. The number of benzene rings is 1. The Morgan fingerprint density at radius 2 is 2.00 bits per heavy atom. The van der Waals surface area contributed by atoms with E-state index in [-0.39, 0.29) is 12.2 Å². The Balaban J connectivity index is 3.12. The van der Waals surface area contributed by atoms with Gasteiger partial charge in [-0.15, -0.1) is 0 Å². The van der Waals surface area contributed by atoms with Crippen LogP contribution in [-0.4, -0.2) is 17.7 Å². The second-order valence-electron chi connectivity index (χ2n) is 4.49. The van der Waals surface area contributed by atoms with Crippen molar-refractivity contribution in [1.29, 1.82) is 0 Å². The number of esters is 1. The zero-order chi connectivity index (χ0) is 14.6. The molecule has 0 radical (unpaired) electrons. The van der Waals surface area contributed by atoms with Gasteiger partial charge in [-0.1, -0.05) is 13.0 Å². The third-order valence-electron chi connectivity index (χ3n) is 3.16. The number of ether oxygens (including phenoxy) is 1. The number of halogens is 2. The van der Waals surface area contributed by atoms with Crippen molar-refractivity contribution in [3.8, 4) is 0 Å². The molecule has 0 aliphatic rings. The van der Waals surface area contributed by atoms with Gasteiger partial charge in [-0.05, 0) is 38.0 Å². The number of carbonyl (C=O) groups excluding carboxylic acids is 1. The second-order valence-corrected chi connectivity index (χ2v) is 4.49. The third kappa shape index (κ3) is 3.29. The van der Waals surface area contributed by atoms with Gasteiger partial charge in [0.15, 0.2) is 11.6 Å². The van der Waals surface area contributed by atoms with Crippen LogP contribution in [0.1, 0.15) is 32.8 Å². The molecule has 1 aromatic rings. The van der Waals surface area contributed by atoms with Gasteiger partial charge in [-0.3, -0.25) is 4.79 Å². The average Bonchev–Trinajstić information content (AvgIpc) is 2.33. The summed E-state index contributed by atoms with van der Waals surface area (Å²) in [5, 5.41) is 10.5. The highest BCUT2D eigenvalue weighted by Crippen LogP contribution is 2.33. The van der Waals surface area contributed by atoms with Gasteiger partial charge in [0, 0.05) is 0 Å². The van der Waals surface area contributed by atoms with Crippen molar-refractivity contribution in [3.63, 3.8) is 0 Å². The monoisotopic (exact) mass is 272 g/mol. The average molecular weight is 272 g/mol. The quantitative estimate of drug-likeness (QED) is 0.838. The summed E-state index contributed by atoms with van der Waals surface area (Å²) in [6.07, 6.45) is 0.324. The minimum atomic E-state index is -1.62. The van der Waals surface area contributed by atoms with Crippen LogP contribution < -0.4 is 0 Å². The third-order valence-corrected chi connectivity index (χ3v) is 3.16. The standard InChI is InChI=1S/C14H18F2O3/c1-4-10(13(17)19-5-2)14(3,18)9-6-7-11(15)12(16)8-9/h6-8,10,18H,4-5H2,1-3H3. The zero-order valence-corrected chi connectivity index (χ0v) is 11.2. The molecule has 3 nitrogen and oxygen atoms in total. The van der Waals surface area contributed by atoms with Crippen LogP contribution in [0.15, 0.2) is 18.2 Å². The molecule has 0 saturated heterocycles. The van der Waals surface area contributed by atoms with Gasteiger partial charge < -0.3 is 9.84 Å². The van der Waals surface area contributed by atoms with Crippen LogP contribution >= 0.6 is 0 Å². The molecule has 106 valence electrons. The van der Waals surface area contributed by atoms with E-state index < -0.39 is 29.1 Å². The Kier molecular flexibility index (Phi) is 5.00. The molecule has 0 fully saturated rings. The Morgan fingerprint density at radius 1 is 1.37 bits per heavy atom. The fourth-order valence-corrected chi connectivity index (χ4v) is 2.05. The van der Waals surface area contributed by atoms with Gasteiger partial charge in [-0.25, -0.2) is 8.78 Å². The molecule has 1 rings (SSSR count). The van der Waals surface area contributed by atoms with Gasteiger partial charge in [0.25, 0.3) is 0 Å². The Hall–Kier alpha value is -1.49. The van der Waals surface area contributed by atoms with Crippen molar-refractivity contribution >= 4 is 5.97 Å². The maximum absolute atomic E-state index is 13.2. The smallest absolute Gasteiger partial charge is 0.312 e. The van der Waals surface area contributed by atoms with Crippen molar-refractivity contribution in [2.75, 3.05) is 6.61 Å². The molecule has 0 aliphatic heterocycles. The van der Waals surface area contributed by atoms with Crippen LogP contribution in [0.3, 0.4) is 0 Å². The maximum Gasteiger partial charge on any atom is 0.312 e. The minimum absolute atomic E-state index is 0.145. The van der Waals surface area contributed by atoms with E-state index in [1.54, 1.807) is 13.8 Å². The molecule has 0 amide bonds. The first-order valence-corrected chi connectivity index (χ1v) is 6.19. The largest absolute Gasteiger partial charge is 0.466 e. The predicted octanol–water partition coefficient (Wildman–Crippen LogP) is 2.76. The molecular formula is C14H18F2O3. The summed E-state index contributed by atoms with van der Waals surface area (Å²) in [6.45, 7) is 4.97. The van der Waals surface area contributed by atoms with Crippen molar-refractivity contribution in [2.45, 2.75) is 32.8 Å². The molecule has 2 atom stereocenters. The van der Waals surface area contributed by atoms with E-state index in [9.17, 15) is 18.7 Å². The SMILES string of the molecule is CCOC(=O)C(CC)C(C)(O)c1ccc(F)c(F)c1. The molecule has 2 unspecified atom stereocenters. The van der Waals surface area contributed by atoms with E-state index in [1.165, 1.54) is 13.0 Å². The summed E-state index contributed by atoms with van der Waals surface area (Å²) in [4.78, 5) is 11.8. The Morgan fingerprint density at radius 3 is 2.47 bits per heavy atom. The second kappa shape index (κ2) is 6.10. The first-order chi connectivity index (χ1) is 8.84. The highest BCUT2D eigenvalue weighted by Gasteiger charge is 2.39. The molecule has 0 aliphatic carbocycles. The van der Waals surface area contributed by atoms with Gasteiger partial charge in [0.1, 0.15) is 5.60 Å². The number of aliphatic hydroxyl groups is 1. The van der Waals surface area contributed by atoms with E-state index in [2.05, 4.69) is 0 Å². The summed E-state index contributed by atoms with van der Waals surface area (Å²) in [7, 11) is 0. The van der Waals surface area contributed by atoms with Crippen LogP contribution in [0.5, 0.6) is 0 Å². The zero-order valence-electron chi connectivity index (χ0n) is 11.2. The molecule has 1 N–H and O–H groups in total. The van der Waals surface area contributed by atoms with E-state index in [1.807, 2.05) is 0 Å². The molecule has 0 saturated carbocycles. The molecule has 0 bridgehead atoms. The fraction of sp³-hybridized carbons (Fsp3) is 0.500. The number of hydrogen-bond acceptors (Lipinski definition) is 3. The highest BCUT2D eigenvalue weighted by molar-refractivity contribution is 5.74. The first-order valence-electron chi connectivity index (χ1n) is 6.19. The van der Waals surface area contributed by atoms with Gasteiger partial charge >= 0.3 is 5.97 Å². The molecule has 0 spiro atoms. The number of rotatable bonds is 5. The molecule has 5 heteroatoms. The number of carbonyl (C=O) groups is 1. The van der Waals surface area contributed by atoms with Gasteiger partial charge in [0.05, 0.1) is 12.5 Å². The van der Waals surface area contributed by atoms with Crippen molar-refractivity contribution in [3.05, 3.63) is 35.4 Å². The van der Waals surface area contributed by atoms with Crippen LogP contribution in [0, 0.1) is 17.6 Å². The summed E-state index contributed by atoms with van der Waals surface area (Å²) in [6, 6.07) is 3.09. The van der Waals surface area contributed by atoms with Crippen LogP contribution in [0.25, 0.3) is 0 Å². The van der Waals surface area contributed by atoms with E-state index in [0.29, 0.717) is 6.42 Å². The Bertz CT molecular complexity index is 458. The molecule has 19 heavy (non-hydrogen) atoms. The molecule has 1 aromatic carbocycles. The lowest BCUT2D eigenvalue weighted by atomic mass is 9.81. The van der Waals surface area contributed by atoms with E-state index in [4.69, 9.17) is 4.74 Å². The van der Waals surface area contributed by atoms with Gasteiger partial charge in [-0.2, -0.15) is 0 Å². The lowest BCUT2D eigenvalue weighted by Gasteiger charge is -2.31. The topological polar surface area (TPSA) is 46.5 Å². The summed E-state index contributed by atoms with van der Waals surface area (Å²) in [5.74, 6) is -3.45. The highest BCUT2D eigenvalue weighted by atomic mass is 19.2. The van der Waals surface area contributed by atoms with E-state index >= 15 is 0 Å².